The maximum absolute atomic E-state index is 12.5. The van der Waals surface area contributed by atoms with Crippen molar-refractivity contribution in [2.45, 2.75) is 44.9 Å². The Bertz CT molecular complexity index is 1460. The fourth-order valence-electron chi connectivity index (χ4n) is 3.14. The van der Waals surface area contributed by atoms with Gasteiger partial charge in [-0.05, 0) is 5.92 Å². The molecule has 0 saturated carbocycles. The fraction of sp³-hybridized carbons (Fsp3) is 0.611. The number of aromatic nitrogens is 2. The molecule has 0 bridgehead atoms. The summed E-state index contributed by atoms with van der Waals surface area (Å²) in [7, 11) is -16.9. The molecular formula is C18H25F3N3O15P3. The van der Waals surface area contributed by atoms with Crippen molar-refractivity contribution in [3.63, 3.8) is 0 Å². The van der Waals surface area contributed by atoms with Gasteiger partial charge in [-0.15, -0.1) is 0 Å². The van der Waals surface area contributed by atoms with Gasteiger partial charge in [0.15, 0.2) is 0 Å². The van der Waals surface area contributed by atoms with E-state index >= 15 is 0 Å². The minimum absolute atomic E-state index is 0.0292. The Kier molecular flexibility index (Phi) is 12.1. The summed E-state index contributed by atoms with van der Waals surface area (Å²) in [6.45, 7) is 2.00. The van der Waals surface area contributed by atoms with E-state index in [0.717, 1.165) is 10.8 Å². The second-order valence-electron chi connectivity index (χ2n) is 8.71. The van der Waals surface area contributed by atoms with Crippen LogP contribution in [-0.2, 0) is 41.1 Å². The van der Waals surface area contributed by atoms with Gasteiger partial charge < -0.3 is 34.4 Å². The molecule has 18 nitrogen and oxygen atoms in total. The molecule has 0 spiro atoms. The molecule has 2 heterocycles. The summed E-state index contributed by atoms with van der Waals surface area (Å²) < 4.78 is 95.3. The molecular weight excluding hydrogens is 648 g/mol. The van der Waals surface area contributed by atoms with E-state index in [1.165, 1.54) is 5.32 Å². The van der Waals surface area contributed by atoms with E-state index < -0.39 is 84.0 Å². The van der Waals surface area contributed by atoms with Crippen LogP contribution in [0, 0.1) is 17.8 Å². The highest BCUT2D eigenvalue weighted by Crippen LogP contribution is 2.66. The maximum atomic E-state index is 12.5. The topological polar surface area (TPSA) is 262 Å². The summed E-state index contributed by atoms with van der Waals surface area (Å²) in [6.07, 6.45) is -7.86. The molecule has 1 fully saturated rings. The van der Waals surface area contributed by atoms with Crippen LogP contribution in [0.5, 0.6) is 0 Å². The number of phosphoric ester groups is 1. The van der Waals surface area contributed by atoms with Crippen LogP contribution in [0.15, 0.2) is 15.8 Å². The largest absolute Gasteiger partial charge is 0.490 e. The van der Waals surface area contributed by atoms with Crippen LogP contribution in [0.3, 0.4) is 0 Å². The highest BCUT2D eigenvalue weighted by molar-refractivity contribution is 7.66. The van der Waals surface area contributed by atoms with E-state index in [-0.39, 0.29) is 18.9 Å². The van der Waals surface area contributed by atoms with Crippen LogP contribution in [0.25, 0.3) is 0 Å². The van der Waals surface area contributed by atoms with Crippen LogP contribution < -0.4 is 16.6 Å². The number of halogens is 3. The quantitative estimate of drug-likeness (QED) is 0.128. The van der Waals surface area contributed by atoms with Gasteiger partial charge in [-0.3, -0.25) is 23.7 Å². The number of hydrogen-bond donors (Lipinski definition) is 6. The van der Waals surface area contributed by atoms with Crippen LogP contribution in [-0.4, -0.2) is 73.2 Å². The van der Waals surface area contributed by atoms with E-state index in [0.29, 0.717) is 0 Å². The lowest BCUT2D eigenvalue weighted by atomic mass is 10.1. The van der Waals surface area contributed by atoms with Gasteiger partial charge in [-0.2, -0.15) is 21.8 Å². The Labute approximate surface area is 233 Å². The van der Waals surface area contributed by atoms with Crippen molar-refractivity contribution in [3.05, 3.63) is 32.6 Å². The second-order valence-corrected chi connectivity index (χ2v) is 13.1. The Morgan fingerprint density at radius 1 is 1.19 bits per heavy atom. The van der Waals surface area contributed by atoms with Gasteiger partial charge in [-0.1, -0.05) is 25.7 Å². The summed E-state index contributed by atoms with van der Waals surface area (Å²) in [5.41, 5.74) is -2.44. The van der Waals surface area contributed by atoms with Crippen molar-refractivity contribution in [2.24, 2.45) is 5.92 Å². The van der Waals surface area contributed by atoms with Gasteiger partial charge in [-0.25, -0.2) is 18.5 Å². The predicted octanol–water partition coefficient (Wildman–Crippen LogP) is 0.239. The molecule has 0 aromatic carbocycles. The molecule has 1 aliphatic rings. The Morgan fingerprint density at radius 2 is 1.83 bits per heavy atom. The predicted molar refractivity (Wildman–Crippen MR) is 130 cm³/mol. The lowest BCUT2D eigenvalue weighted by Crippen LogP contribution is -2.37. The molecule has 24 heteroatoms. The number of amides is 1. The molecule has 238 valence electrons. The van der Waals surface area contributed by atoms with Crippen molar-refractivity contribution in [2.75, 3.05) is 19.8 Å². The van der Waals surface area contributed by atoms with Crippen molar-refractivity contribution in [3.8, 4) is 11.8 Å². The Hall–Kier alpha value is -2.17. The summed E-state index contributed by atoms with van der Waals surface area (Å²) in [6, 6.07) is 0. The van der Waals surface area contributed by atoms with E-state index in [1.54, 1.807) is 13.8 Å². The second kappa shape index (κ2) is 14.1. The number of nitrogens with one attached hydrogen (secondary N) is 2. The van der Waals surface area contributed by atoms with Gasteiger partial charge in [0.2, 0.25) is 0 Å². The third-order valence-electron chi connectivity index (χ3n) is 4.74. The molecule has 0 aliphatic carbocycles. The van der Waals surface area contributed by atoms with Crippen molar-refractivity contribution < 1.29 is 73.9 Å². The minimum Gasteiger partial charge on any atom is -0.375 e. The molecule has 6 N–H and O–H groups in total. The average Bonchev–Trinajstić information content (AvgIpc) is 3.20. The average molecular weight is 673 g/mol. The zero-order valence-corrected chi connectivity index (χ0v) is 24.1. The summed E-state index contributed by atoms with van der Waals surface area (Å²) >= 11 is 0. The lowest BCUT2D eigenvalue weighted by molar-refractivity contribution is -0.173. The van der Waals surface area contributed by atoms with Crippen molar-refractivity contribution in [1.29, 1.82) is 0 Å². The van der Waals surface area contributed by atoms with E-state index in [1.807, 2.05) is 4.98 Å². The molecule has 2 rings (SSSR count). The normalized spacial score (nSPS) is 22.2. The smallest absolute Gasteiger partial charge is 0.375 e. The standard InChI is InChI=1S/C18H25F3N3O15P3/c1-10(2)8-35-12-6-14(37-13(12)9-36-41(31,32)39-42(33,34)38-40(28,29)30)24-7-11(15(25)23-17(24)27)4-3-5-22-16(26)18(19,20)21/h7,10,12-14H,5-6,8-9H2,1-2H3,(H,22,26)(H,31,32)(H,33,34)(H,23,25,27)(H2,28,29,30)/t12-,13?,14-/m1/s1. The first-order chi connectivity index (χ1) is 19.1. The Balaban J connectivity index is 2.22. The van der Waals surface area contributed by atoms with Crippen LogP contribution in [0.2, 0.25) is 0 Å². The number of H-pyrrole nitrogens is 1. The molecule has 1 aromatic heterocycles. The first-order valence-corrected chi connectivity index (χ1v) is 15.9. The number of ether oxygens (including phenoxy) is 2. The summed E-state index contributed by atoms with van der Waals surface area (Å²) in [5.74, 6) is 2.04. The van der Waals surface area contributed by atoms with E-state index in [4.69, 9.17) is 19.3 Å². The zero-order chi connectivity index (χ0) is 32.1. The van der Waals surface area contributed by atoms with E-state index in [9.17, 15) is 51.0 Å². The summed E-state index contributed by atoms with van der Waals surface area (Å²) in [5, 5.41) is 1.47. The first-order valence-electron chi connectivity index (χ1n) is 11.3. The fourth-order valence-corrected chi connectivity index (χ4v) is 6.17. The lowest BCUT2D eigenvalue weighted by Gasteiger charge is -2.21. The molecule has 1 saturated heterocycles. The van der Waals surface area contributed by atoms with Crippen LogP contribution >= 0.6 is 23.5 Å². The highest BCUT2D eigenvalue weighted by atomic mass is 31.3. The van der Waals surface area contributed by atoms with Crippen molar-refractivity contribution >= 4 is 29.4 Å². The number of phosphoric acid groups is 3. The summed E-state index contributed by atoms with van der Waals surface area (Å²) in [4.78, 5) is 73.6. The SMILES string of the molecule is CC(C)CO[C@@H]1C[C@H](n2cc(C#CCNC(=O)C(F)(F)F)c(=O)[nH]c2=O)OC1COP(=O)(O)OP(=O)(O)OP(=O)(O)O. The number of rotatable bonds is 12. The Morgan fingerprint density at radius 3 is 2.40 bits per heavy atom. The molecule has 1 aromatic rings. The highest BCUT2D eigenvalue weighted by Gasteiger charge is 2.43. The van der Waals surface area contributed by atoms with Gasteiger partial charge in [0, 0.05) is 19.2 Å². The third kappa shape index (κ3) is 11.8. The number of carbonyl (C=O) groups is 1. The van der Waals surface area contributed by atoms with Crippen LogP contribution in [0.4, 0.5) is 13.2 Å². The number of aromatic amines is 1. The number of nitrogens with zero attached hydrogens (tertiary/aromatic N) is 1. The number of hydrogen-bond acceptors (Lipinski definition) is 11. The van der Waals surface area contributed by atoms with Gasteiger partial charge in [0.1, 0.15) is 17.9 Å². The van der Waals surface area contributed by atoms with E-state index in [2.05, 4.69) is 25.0 Å². The third-order valence-corrected chi connectivity index (χ3v) is 8.54. The minimum atomic E-state index is -5.78. The first kappa shape index (κ1) is 36.0. The van der Waals surface area contributed by atoms with Crippen molar-refractivity contribution in [1.82, 2.24) is 14.9 Å². The maximum Gasteiger partial charge on any atom is 0.490 e. The van der Waals surface area contributed by atoms with Gasteiger partial charge in [0.05, 0.1) is 19.3 Å². The number of carbonyl (C=O) groups excluding carboxylic acids is 1. The monoisotopic (exact) mass is 673 g/mol. The molecule has 42 heavy (non-hydrogen) atoms. The van der Waals surface area contributed by atoms with Gasteiger partial charge >= 0.3 is 41.2 Å². The molecule has 5 atom stereocenters. The molecule has 0 radical (unpaired) electrons. The van der Waals surface area contributed by atoms with Crippen LogP contribution in [0.1, 0.15) is 32.1 Å². The molecule has 3 unspecified atom stereocenters. The molecule has 1 aliphatic heterocycles. The number of alkyl halides is 3. The molecule has 1 amide bonds. The zero-order valence-electron chi connectivity index (χ0n) is 21.4. The van der Waals surface area contributed by atoms with Gasteiger partial charge in [0.25, 0.3) is 5.56 Å².